The van der Waals surface area contributed by atoms with Crippen LogP contribution in [-0.2, 0) is 4.74 Å². The van der Waals surface area contributed by atoms with E-state index in [4.69, 9.17) is 4.74 Å². The molecule has 2 heterocycles. The molecule has 0 bridgehead atoms. The van der Waals surface area contributed by atoms with E-state index in [1.807, 2.05) is 85.0 Å². The number of aromatic nitrogens is 1. The predicted molar refractivity (Wildman–Crippen MR) is 98.1 cm³/mol. The van der Waals surface area contributed by atoms with E-state index < -0.39 is 0 Å². The lowest BCUT2D eigenvalue weighted by molar-refractivity contribution is 0.0486. The van der Waals surface area contributed by atoms with E-state index in [9.17, 15) is 4.79 Å². The van der Waals surface area contributed by atoms with Gasteiger partial charge in [-0.1, -0.05) is 12.1 Å². The van der Waals surface area contributed by atoms with Gasteiger partial charge in [-0.2, -0.15) is 0 Å². The average molecular weight is 325 g/mol. The fourth-order valence-electron chi connectivity index (χ4n) is 2.94. The van der Waals surface area contributed by atoms with Crippen LogP contribution in [0.4, 0.5) is 5.69 Å². The van der Waals surface area contributed by atoms with Crippen LogP contribution in [0.15, 0.2) is 42.6 Å². The second kappa shape index (κ2) is 6.53. The number of anilines is 1. The van der Waals surface area contributed by atoms with Crippen LogP contribution in [-0.4, -0.2) is 56.6 Å². The number of hydrogen-bond donors (Lipinski definition) is 0. The molecule has 0 aliphatic heterocycles. The van der Waals surface area contributed by atoms with Crippen molar-refractivity contribution in [1.29, 1.82) is 0 Å². The Bertz CT molecular complexity index is 881. The highest BCUT2D eigenvalue weighted by atomic mass is 16.5. The second-order valence-electron chi connectivity index (χ2n) is 6.34. The third kappa shape index (κ3) is 2.83. The molecule has 0 amide bonds. The summed E-state index contributed by atoms with van der Waals surface area (Å²) in [5.74, 6) is -0.273. The van der Waals surface area contributed by atoms with E-state index in [2.05, 4.69) is 0 Å². The molecular formula is C19H23N3O2. The summed E-state index contributed by atoms with van der Waals surface area (Å²) in [4.78, 5) is 16.8. The maximum atomic E-state index is 12.8. The number of pyridine rings is 1. The van der Waals surface area contributed by atoms with Gasteiger partial charge in [0.25, 0.3) is 0 Å². The maximum Gasteiger partial charge on any atom is 0.341 e. The molecule has 126 valence electrons. The van der Waals surface area contributed by atoms with Gasteiger partial charge in [0, 0.05) is 37.9 Å². The number of carbonyl (C=O) groups is 1. The molecule has 0 fully saturated rings. The second-order valence-corrected chi connectivity index (χ2v) is 6.34. The Morgan fingerprint density at radius 1 is 1.04 bits per heavy atom. The zero-order valence-electron chi connectivity index (χ0n) is 14.6. The minimum absolute atomic E-state index is 0.273. The van der Waals surface area contributed by atoms with Gasteiger partial charge in [-0.25, -0.2) is 4.79 Å². The van der Waals surface area contributed by atoms with Crippen LogP contribution in [0.25, 0.3) is 16.4 Å². The molecule has 24 heavy (non-hydrogen) atoms. The highest BCUT2D eigenvalue weighted by Crippen LogP contribution is 2.34. The lowest BCUT2D eigenvalue weighted by Crippen LogP contribution is -2.20. The van der Waals surface area contributed by atoms with E-state index in [1.165, 1.54) is 0 Å². The Hall–Kier alpha value is -2.53. The van der Waals surface area contributed by atoms with Crippen molar-refractivity contribution in [1.82, 2.24) is 9.30 Å². The number of fused-ring (bicyclic) bond motifs is 3. The largest absolute Gasteiger partial charge is 0.461 e. The van der Waals surface area contributed by atoms with Gasteiger partial charge in [-0.3, -0.25) is 0 Å². The van der Waals surface area contributed by atoms with Crippen molar-refractivity contribution in [2.75, 3.05) is 46.2 Å². The predicted octanol–water partition coefficient (Wildman–Crippen LogP) is 2.88. The normalized spacial score (nSPS) is 11.4. The molecular weight excluding hydrogens is 302 g/mol. The van der Waals surface area contributed by atoms with E-state index in [0.717, 1.165) is 22.1 Å². The van der Waals surface area contributed by atoms with Crippen LogP contribution < -0.4 is 4.90 Å². The van der Waals surface area contributed by atoms with Gasteiger partial charge in [-0.15, -0.1) is 0 Å². The molecule has 0 N–H and O–H groups in total. The molecule has 3 aromatic rings. The van der Waals surface area contributed by atoms with Crippen molar-refractivity contribution < 1.29 is 9.53 Å². The zero-order valence-corrected chi connectivity index (χ0v) is 14.6. The van der Waals surface area contributed by atoms with Crippen molar-refractivity contribution in [2.45, 2.75) is 0 Å². The molecule has 0 spiro atoms. The van der Waals surface area contributed by atoms with Crippen molar-refractivity contribution >= 4 is 28.1 Å². The van der Waals surface area contributed by atoms with Crippen molar-refractivity contribution in [2.24, 2.45) is 0 Å². The quantitative estimate of drug-likeness (QED) is 0.676. The van der Waals surface area contributed by atoms with Crippen molar-refractivity contribution in [3.8, 4) is 0 Å². The van der Waals surface area contributed by atoms with Gasteiger partial charge in [0.1, 0.15) is 6.61 Å². The highest BCUT2D eigenvalue weighted by Gasteiger charge is 2.22. The third-order valence-electron chi connectivity index (χ3n) is 4.10. The summed E-state index contributed by atoms with van der Waals surface area (Å²) in [6.45, 7) is 1.08. The number of hydrogen-bond acceptors (Lipinski definition) is 4. The SMILES string of the molecule is CN(C)CCOC(=O)c1c2c(N(C)C)cccc2n2ccccc12. The lowest BCUT2D eigenvalue weighted by Gasteiger charge is -2.15. The molecule has 0 unspecified atom stereocenters. The number of benzene rings is 1. The summed E-state index contributed by atoms with van der Waals surface area (Å²) in [5, 5.41) is 0.934. The third-order valence-corrected chi connectivity index (χ3v) is 4.10. The molecule has 0 saturated carbocycles. The Balaban J connectivity index is 2.18. The molecule has 5 heteroatoms. The Morgan fingerprint density at radius 3 is 2.50 bits per heavy atom. The summed E-state index contributed by atoms with van der Waals surface area (Å²) in [6.07, 6.45) is 1.98. The Morgan fingerprint density at radius 2 is 1.79 bits per heavy atom. The first-order valence-corrected chi connectivity index (χ1v) is 8.01. The van der Waals surface area contributed by atoms with E-state index in [-0.39, 0.29) is 5.97 Å². The van der Waals surface area contributed by atoms with Crippen LogP contribution in [0.1, 0.15) is 10.4 Å². The molecule has 5 nitrogen and oxygen atoms in total. The van der Waals surface area contributed by atoms with E-state index in [0.29, 0.717) is 18.7 Å². The van der Waals surface area contributed by atoms with Crippen molar-refractivity contribution in [3.05, 3.63) is 48.2 Å². The van der Waals surface area contributed by atoms with Crippen molar-refractivity contribution in [3.63, 3.8) is 0 Å². The van der Waals surface area contributed by atoms with Crippen LogP contribution in [0.3, 0.4) is 0 Å². The monoisotopic (exact) mass is 325 g/mol. The summed E-state index contributed by atoms with van der Waals surface area (Å²) in [5.41, 5.74) is 3.53. The summed E-state index contributed by atoms with van der Waals surface area (Å²) in [6, 6.07) is 11.9. The summed E-state index contributed by atoms with van der Waals surface area (Å²) < 4.78 is 7.58. The molecule has 0 radical (unpaired) electrons. The minimum atomic E-state index is -0.273. The summed E-state index contributed by atoms with van der Waals surface area (Å²) >= 11 is 0. The number of ether oxygens (including phenoxy) is 1. The van der Waals surface area contributed by atoms with Gasteiger partial charge < -0.3 is 18.9 Å². The van der Waals surface area contributed by atoms with Gasteiger partial charge in [0.2, 0.25) is 0 Å². The summed E-state index contributed by atoms with van der Waals surface area (Å²) in [7, 11) is 7.89. The molecule has 0 saturated heterocycles. The molecule has 0 aliphatic rings. The Labute approximate surface area is 142 Å². The Kier molecular flexibility index (Phi) is 4.44. The molecule has 1 aromatic carbocycles. The van der Waals surface area contributed by atoms with Crippen LogP contribution >= 0.6 is 0 Å². The number of carbonyl (C=O) groups excluding carboxylic acids is 1. The fourth-order valence-corrected chi connectivity index (χ4v) is 2.94. The smallest absolute Gasteiger partial charge is 0.341 e. The van der Waals surface area contributed by atoms with Crippen LogP contribution in [0, 0.1) is 0 Å². The standard InChI is InChI=1S/C19H23N3O2/c1-20(2)12-13-24-19(23)18-16-8-5-6-11-22(16)15-10-7-9-14(17(15)18)21(3)4/h5-11H,12-13H2,1-4H3. The van der Waals surface area contributed by atoms with Gasteiger partial charge in [0.15, 0.2) is 0 Å². The number of nitrogens with zero attached hydrogens (tertiary/aromatic N) is 3. The minimum Gasteiger partial charge on any atom is -0.461 e. The molecule has 2 aromatic heterocycles. The van der Waals surface area contributed by atoms with E-state index in [1.54, 1.807) is 0 Å². The fraction of sp³-hybridized carbons (Fsp3) is 0.316. The first-order valence-electron chi connectivity index (χ1n) is 8.01. The van der Waals surface area contributed by atoms with Crippen LogP contribution in [0.2, 0.25) is 0 Å². The zero-order chi connectivity index (χ0) is 17.3. The van der Waals surface area contributed by atoms with Gasteiger partial charge in [0.05, 0.1) is 16.6 Å². The van der Waals surface area contributed by atoms with E-state index >= 15 is 0 Å². The first kappa shape index (κ1) is 16.3. The number of rotatable bonds is 5. The van der Waals surface area contributed by atoms with Gasteiger partial charge in [-0.05, 0) is 38.4 Å². The first-order chi connectivity index (χ1) is 11.5. The molecule has 3 rings (SSSR count). The average Bonchev–Trinajstić information content (AvgIpc) is 2.88. The number of likely N-dealkylation sites (N-methyl/N-ethyl adjacent to an activating group) is 1. The van der Waals surface area contributed by atoms with Gasteiger partial charge >= 0.3 is 5.97 Å². The highest BCUT2D eigenvalue weighted by molar-refractivity contribution is 6.15. The van der Waals surface area contributed by atoms with Crippen LogP contribution in [0.5, 0.6) is 0 Å². The lowest BCUT2D eigenvalue weighted by atomic mass is 10.1. The maximum absolute atomic E-state index is 12.8. The topological polar surface area (TPSA) is 37.2 Å². The molecule has 0 aliphatic carbocycles. The molecule has 0 atom stereocenters. The number of esters is 1.